The number of amides is 1. The number of nitrogens with zero attached hydrogens (tertiary/aromatic N) is 1. The van der Waals surface area contributed by atoms with Gasteiger partial charge in [0.05, 0.1) is 13.2 Å². The minimum atomic E-state index is 0.0594. The van der Waals surface area contributed by atoms with E-state index >= 15 is 0 Å². The van der Waals surface area contributed by atoms with Crippen LogP contribution in [-0.4, -0.2) is 62.9 Å². The van der Waals surface area contributed by atoms with E-state index in [9.17, 15) is 4.79 Å². The quantitative estimate of drug-likeness (QED) is 0.572. The number of benzene rings is 1. The smallest absolute Gasteiger partial charge is 0.254 e. The molecule has 0 radical (unpaired) electrons. The highest BCUT2D eigenvalue weighted by Gasteiger charge is 2.29. The number of carbonyl (C=O) groups is 1. The first-order chi connectivity index (χ1) is 14.1. The molecule has 0 aromatic heterocycles. The van der Waals surface area contributed by atoms with Gasteiger partial charge in [-0.05, 0) is 70.2 Å². The number of rotatable bonds is 11. The Hall–Kier alpha value is -1.79. The number of hydrogen-bond donors (Lipinski definition) is 1. The third kappa shape index (κ3) is 6.34. The minimum Gasteiger partial charge on any atom is -0.490 e. The fraction of sp³-hybridized carbons (Fsp3) is 0.696. The summed E-state index contributed by atoms with van der Waals surface area (Å²) in [6.45, 7) is 7.95. The van der Waals surface area contributed by atoms with E-state index in [1.165, 1.54) is 12.8 Å². The average molecular weight is 405 g/mol. The lowest BCUT2D eigenvalue weighted by atomic mass is 10.0. The normalized spacial score (nSPS) is 19.2. The molecule has 1 aliphatic carbocycles. The zero-order chi connectivity index (χ0) is 20.6. The molecule has 0 spiro atoms. The molecular formula is C23H36N2O4. The second-order valence-corrected chi connectivity index (χ2v) is 8.42. The number of ether oxygens (including phenoxy) is 3. The first-order valence-corrected chi connectivity index (χ1v) is 11.0. The number of carbonyl (C=O) groups excluding carboxylic acids is 1. The summed E-state index contributed by atoms with van der Waals surface area (Å²) in [5.74, 6) is 2.09. The largest absolute Gasteiger partial charge is 0.490 e. The van der Waals surface area contributed by atoms with Crippen molar-refractivity contribution in [2.45, 2.75) is 58.0 Å². The lowest BCUT2D eigenvalue weighted by Gasteiger charge is -2.37. The van der Waals surface area contributed by atoms with Gasteiger partial charge in [-0.3, -0.25) is 4.79 Å². The van der Waals surface area contributed by atoms with Gasteiger partial charge in [-0.1, -0.05) is 0 Å². The van der Waals surface area contributed by atoms with Crippen LogP contribution in [-0.2, 0) is 4.74 Å². The van der Waals surface area contributed by atoms with E-state index in [0.717, 1.165) is 38.1 Å². The number of nitrogens with one attached hydrogen (secondary N) is 1. The molecule has 1 saturated carbocycles. The van der Waals surface area contributed by atoms with E-state index in [4.69, 9.17) is 14.2 Å². The summed E-state index contributed by atoms with van der Waals surface area (Å²) in [4.78, 5) is 15.4. The monoisotopic (exact) mass is 404 g/mol. The van der Waals surface area contributed by atoms with Crippen LogP contribution < -0.4 is 14.8 Å². The van der Waals surface area contributed by atoms with Gasteiger partial charge in [0.25, 0.3) is 5.91 Å². The number of methoxy groups -OCH3 is 1. The molecular weight excluding hydrogens is 368 g/mol. The van der Waals surface area contributed by atoms with Crippen molar-refractivity contribution in [1.29, 1.82) is 0 Å². The Bertz CT molecular complexity index is 654. The summed E-state index contributed by atoms with van der Waals surface area (Å²) in [6.07, 6.45) is 5.41. The van der Waals surface area contributed by atoms with E-state index in [0.29, 0.717) is 37.1 Å². The van der Waals surface area contributed by atoms with Gasteiger partial charge in [0, 0.05) is 44.3 Å². The molecule has 1 aromatic rings. The highest BCUT2D eigenvalue weighted by atomic mass is 16.5. The molecule has 0 bridgehead atoms. The minimum absolute atomic E-state index is 0.0594. The van der Waals surface area contributed by atoms with Crippen molar-refractivity contribution in [3.05, 3.63) is 23.8 Å². The van der Waals surface area contributed by atoms with Crippen LogP contribution in [0, 0.1) is 5.92 Å². The van der Waals surface area contributed by atoms with Crippen molar-refractivity contribution >= 4 is 5.91 Å². The Morgan fingerprint density at radius 1 is 1.17 bits per heavy atom. The van der Waals surface area contributed by atoms with Gasteiger partial charge in [-0.25, -0.2) is 0 Å². The maximum absolute atomic E-state index is 13.4. The molecule has 1 aromatic carbocycles. The summed E-state index contributed by atoms with van der Waals surface area (Å²) in [5.41, 5.74) is 0.657. The lowest BCUT2D eigenvalue weighted by Crippen LogP contribution is -2.51. The molecule has 3 rings (SSSR count). The molecule has 162 valence electrons. The highest BCUT2D eigenvalue weighted by molar-refractivity contribution is 5.95. The van der Waals surface area contributed by atoms with Crippen LogP contribution in [0.2, 0.25) is 0 Å². The Balaban J connectivity index is 1.75. The summed E-state index contributed by atoms with van der Waals surface area (Å²) < 4.78 is 17.1. The second kappa shape index (κ2) is 10.8. The van der Waals surface area contributed by atoms with Gasteiger partial charge < -0.3 is 24.4 Å². The van der Waals surface area contributed by atoms with E-state index < -0.39 is 0 Å². The number of piperidine rings is 1. The van der Waals surface area contributed by atoms with Crippen LogP contribution in [0.15, 0.2) is 18.2 Å². The van der Waals surface area contributed by atoms with Crippen LogP contribution in [0.4, 0.5) is 0 Å². The maximum Gasteiger partial charge on any atom is 0.254 e. The first kappa shape index (κ1) is 21.9. The molecule has 1 N–H and O–H groups in total. The van der Waals surface area contributed by atoms with E-state index in [1.807, 2.05) is 23.1 Å². The van der Waals surface area contributed by atoms with Crippen LogP contribution in [0.3, 0.4) is 0 Å². The third-order valence-electron chi connectivity index (χ3n) is 5.57. The summed E-state index contributed by atoms with van der Waals surface area (Å²) in [5, 5.41) is 3.42. The Morgan fingerprint density at radius 2 is 2.00 bits per heavy atom. The molecule has 1 amide bonds. The van der Waals surface area contributed by atoms with Gasteiger partial charge in [-0.2, -0.15) is 0 Å². The summed E-state index contributed by atoms with van der Waals surface area (Å²) in [6, 6.07) is 5.98. The molecule has 1 atom stereocenters. The predicted octanol–water partition coefficient (Wildman–Crippen LogP) is 3.49. The van der Waals surface area contributed by atoms with Gasteiger partial charge in [0.15, 0.2) is 11.5 Å². The topological polar surface area (TPSA) is 60.0 Å². The molecule has 29 heavy (non-hydrogen) atoms. The van der Waals surface area contributed by atoms with Crippen molar-refractivity contribution in [2.24, 2.45) is 5.92 Å². The number of hydrogen-bond acceptors (Lipinski definition) is 5. The van der Waals surface area contributed by atoms with Crippen molar-refractivity contribution in [3.8, 4) is 11.5 Å². The van der Waals surface area contributed by atoms with Crippen LogP contribution >= 0.6 is 0 Å². The molecule has 6 nitrogen and oxygen atoms in total. The Kier molecular flexibility index (Phi) is 8.19. The van der Waals surface area contributed by atoms with Gasteiger partial charge in [0.2, 0.25) is 0 Å². The third-order valence-corrected chi connectivity index (χ3v) is 5.57. The summed E-state index contributed by atoms with van der Waals surface area (Å²) >= 11 is 0. The zero-order valence-electron chi connectivity index (χ0n) is 18.1. The average Bonchev–Trinajstić information content (AvgIpc) is 3.55. The van der Waals surface area contributed by atoms with Crippen molar-refractivity contribution in [2.75, 3.05) is 40.0 Å². The van der Waals surface area contributed by atoms with Gasteiger partial charge in [-0.15, -0.1) is 0 Å². The summed E-state index contributed by atoms with van der Waals surface area (Å²) in [7, 11) is 1.68. The Labute approximate surface area is 174 Å². The molecule has 1 heterocycles. The molecule has 6 heteroatoms. The van der Waals surface area contributed by atoms with Crippen LogP contribution in [0.5, 0.6) is 11.5 Å². The highest BCUT2D eigenvalue weighted by Crippen LogP contribution is 2.34. The van der Waals surface area contributed by atoms with Crippen molar-refractivity contribution in [1.82, 2.24) is 10.2 Å². The van der Waals surface area contributed by atoms with Gasteiger partial charge >= 0.3 is 0 Å². The van der Waals surface area contributed by atoms with Gasteiger partial charge in [0.1, 0.15) is 0 Å². The van der Waals surface area contributed by atoms with Crippen molar-refractivity contribution < 1.29 is 19.0 Å². The first-order valence-electron chi connectivity index (χ1n) is 11.0. The molecule has 2 aliphatic rings. The lowest BCUT2D eigenvalue weighted by molar-refractivity contribution is 0.0573. The predicted molar refractivity (Wildman–Crippen MR) is 114 cm³/mol. The zero-order valence-corrected chi connectivity index (χ0v) is 18.1. The Morgan fingerprint density at radius 3 is 2.66 bits per heavy atom. The second-order valence-electron chi connectivity index (χ2n) is 8.42. The SMILES string of the molecule is COCCCOc1cc(C(=O)N(C(C)C)[C@@H]2CCCNC2)ccc1OCC1CC1. The standard InChI is InChI=1S/C23H36N2O4/c1-17(2)25(20-6-4-11-24-15-20)23(26)19-9-10-21(29-16-18-7-8-18)22(14-19)28-13-5-12-27-3/h9-10,14,17-18,20,24H,4-8,11-13,15-16H2,1-3H3/t20-/m1/s1. The van der Waals surface area contributed by atoms with Crippen molar-refractivity contribution in [3.63, 3.8) is 0 Å². The van der Waals surface area contributed by atoms with E-state index in [2.05, 4.69) is 19.2 Å². The molecule has 1 aliphatic heterocycles. The maximum atomic E-state index is 13.4. The molecule has 1 saturated heterocycles. The van der Waals surface area contributed by atoms with E-state index in [-0.39, 0.29) is 18.0 Å². The fourth-order valence-corrected chi connectivity index (χ4v) is 3.79. The fourth-order valence-electron chi connectivity index (χ4n) is 3.79. The van der Waals surface area contributed by atoms with Crippen LogP contribution in [0.25, 0.3) is 0 Å². The molecule has 0 unspecified atom stereocenters. The molecule has 2 fully saturated rings. The van der Waals surface area contributed by atoms with Crippen LogP contribution in [0.1, 0.15) is 56.3 Å². The van der Waals surface area contributed by atoms with E-state index in [1.54, 1.807) is 7.11 Å².